The van der Waals surface area contributed by atoms with Crippen LogP contribution >= 0.6 is 0 Å². The van der Waals surface area contributed by atoms with Crippen LogP contribution in [0.1, 0.15) is 32.1 Å². The highest BCUT2D eigenvalue weighted by molar-refractivity contribution is 6.50. The van der Waals surface area contributed by atoms with Gasteiger partial charge in [0.1, 0.15) is 6.10 Å². The lowest BCUT2D eigenvalue weighted by Gasteiger charge is -2.20. The third-order valence-corrected chi connectivity index (χ3v) is 3.25. The molecular formula is C12H20O4Si. The summed E-state index contributed by atoms with van der Waals surface area (Å²) in [4.78, 5) is 22.6. The van der Waals surface area contributed by atoms with Crippen molar-refractivity contribution in [1.29, 1.82) is 0 Å². The molecule has 1 fully saturated rings. The molecule has 0 aromatic heterocycles. The van der Waals surface area contributed by atoms with Crippen LogP contribution in [0.15, 0.2) is 12.2 Å². The summed E-state index contributed by atoms with van der Waals surface area (Å²) in [6.07, 6.45) is 7.65. The molecule has 0 aromatic carbocycles. The Morgan fingerprint density at radius 1 is 1.06 bits per heavy atom. The Balaban J connectivity index is 2.28. The summed E-state index contributed by atoms with van der Waals surface area (Å²) in [6, 6.07) is 0. The Morgan fingerprint density at radius 3 is 2.24 bits per heavy atom. The molecule has 0 radical (unpaired) electrons. The molecule has 0 aromatic rings. The summed E-state index contributed by atoms with van der Waals surface area (Å²) in [5.41, 5.74) is 0. The number of ether oxygens (including phenoxy) is 1. The van der Waals surface area contributed by atoms with Crippen LogP contribution in [0.3, 0.4) is 0 Å². The first-order valence-corrected chi connectivity index (χ1v) is 8.95. The van der Waals surface area contributed by atoms with E-state index in [0.29, 0.717) is 0 Å². The zero-order valence-electron chi connectivity index (χ0n) is 10.5. The van der Waals surface area contributed by atoms with Crippen molar-refractivity contribution in [2.24, 2.45) is 0 Å². The van der Waals surface area contributed by atoms with Crippen molar-refractivity contribution in [3.05, 3.63) is 12.2 Å². The Labute approximate surface area is 104 Å². The molecule has 96 valence electrons. The minimum Gasteiger partial charge on any atom is -0.519 e. The average molecular weight is 256 g/mol. The molecule has 5 heteroatoms. The number of esters is 1. The Hall–Kier alpha value is -1.10. The lowest BCUT2D eigenvalue weighted by molar-refractivity contribution is -0.144. The van der Waals surface area contributed by atoms with Gasteiger partial charge < -0.3 is 9.16 Å². The zero-order valence-corrected chi connectivity index (χ0v) is 11.6. The van der Waals surface area contributed by atoms with Crippen LogP contribution < -0.4 is 0 Å². The topological polar surface area (TPSA) is 52.6 Å². The molecule has 0 amide bonds. The minimum atomic E-state index is -1.38. The van der Waals surface area contributed by atoms with Gasteiger partial charge in [0.25, 0.3) is 0 Å². The molecule has 0 aliphatic heterocycles. The molecule has 1 aliphatic rings. The van der Waals surface area contributed by atoms with Crippen LogP contribution in [0.4, 0.5) is 0 Å². The number of carbonyl (C=O) groups excluding carboxylic acids is 2. The Kier molecular flexibility index (Phi) is 5.97. The lowest BCUT2D eigenvalue weighted by atomic mass is 9.98. The summed E-state index contributed by atoms with van der Waals surface area (Å²) in [5.74, 6) is -0.897. The van der Waals surface area contributed by atoms with Gasteiger partial charge in [-0.1, -0.05) is 6.42 Å². The van der Waals surface area contributed by atoms with Crippen LogP contribution in [0.2, 0.25) is 13.1 Å². The maximum Gasteiger partial charge on any atom is 0.331 e. The highest BCUT2D eigenvalue weighted by Crippen LogP contribution is 2.20. The van der Waals surface area contributed by atoms with Crippen LogP contribution in [0, 0.1) is 0 Å². The van der Waals surface area contributed by atoms with Gasteiger partial charge in [-0.15, -0.1) is 0 Å². The zero-order chi connectivity index (χ0) is 12.7. The fraction of sp³-hybridized carbons (Fsp3) is 0.667. The molecule has 0 unspecified atom stereocenters. The summed E-state index contributed by atoms with van der Waals surface area (Å²) in [5, 5.41) is 0. The number of hydrogen-bond donors (Lipinski definition) is 0. The number of carbonyl (C=O) groups is 2. The van der Waals surface area contributed by atoms with Gasteiger partial charge in [0.2, 0.25) is 9.04 Å². The molecule has 1 rings (SSSR count). The first-order chi connectivity index (χ1) is 8.08. The SMILES string of the molecule is C[SiH](C)OC(=O)/C=C\C(=O)OC1CCCCC1. The van der Waals surface area contributed by atoms with Gasteiger partial charge in [-0.2, -0.15) is 0 Å². The van der Waals surface area contributed by atoms with E-state index in [0.717, 1.165) is 37.8 Å². The van der Waals surface area contributed by atoms with Crippen molar-refractivity contribution >= 4 is 21.0 Å². The second kappa shape index (κ2) is 7.27. The van der Waals surface area contributed by atoms with Crippen molar-refractivity contribution in [2.45, 2.75) is 51.3 Å². The highest BCUT2D eigenvalue weighted by Gasteiger charge is 2.16. The van der Waals surface area contributed by atoms with Gasteiger partial charge in [0.05, 0.1) is 0 Å². The van der Waals surface area contributed by atoms with Gasteiger partial charge in [-0.3, -0.25) is 0 Å². The molecule has 0 heterocycles. The highest BCUT2D eigenvalue weighted by atomic mass is 28.3. The van der Waals surface area contributed by atoms with Gasteiger partial charge in [-0.25, -0.2) is 9.59 Å². The maximum absolute atomic E-state index is 11.4. The van der Waals surface area contributed by atoms with Crippen LogP contribution in [-0.4, -0.2) is 27.1 Å². The molecule has 0 bridgehead atoms. The van der Waals surface area contributed by atoms with Crippen molar-refractivity contribution in [1.82, 2.24) is 0 Å². The van der Waals surface area contributed by atoms with E-state index in [-0.39, 0.29) is 6.10 Å². The van der Waals surface area contributed by atoms with Crippen molar-refractivity contribution in [3.8, 4) is 0 Å². The quantitative estimate of drug-likeness (QED) is 0.438. The van der Waals surface area contributed by atoms with Crippen LogP contribution in [0.25, 0.3) is 0 Å². The largest absolute Gasteiger partial charge is 0.519 e. The minimum absolute atomic E-state index is 0.0244. The maximum atomic E-state index is 11.4. The third-order valence-electron chi connectivity index (χ3n) is 2.54. The van der Waals surface area contributed by atoms with Crippen LogP contribution in [0.5, 0.6) is 0 Å². The first kappa shape index (κ1) is 14.0. The number of hydrogen-bond acceptors (Lipinski definition) is 4. The summed E-state index contributed by atoms with van der Waals surface area (Å²) in [6.45, 7) is 3.79. The van der Waals surface area contributed by atoms with E-state index in [9.17, 15) is 9.59 Å². The molecule has 1 saturated carbocycles. The Morgan fingerprint density at radius 2 is 1.65 bits per heavy atom. The van der Waals surface area contributed by atoms with E-state index in [4.69, 9.17) is 9.16 Å². The van der Waals surface area contributed by atoms with E-state index in [1.807, 2.05) is 13.1 Å². The predicted molar refractivity (Wildman–Crippen MR) is 67.1 cm³/mol. The molecule has 4 nitrogen and oxygen atoms in total. The fourth-order valence-corrected chi connectivity index (χ4v) is 2.34. The van der Waals surface area contributed by atoms with Crippen LogP contribution in [-0.2, 0) is 18.8 Å². The van der Waals surface area contributed by atoms with E-state index < -0.39 is 21.0 Å². The second-order valence-electron chi connectivity index (χ2n) is 4.52. The molecule has 0 atom stereocenters. The van der Waals surface area contributed by atoms with E-state index in [1.165, 1.54) is 6.42 Å². The normalized spacial score (nSPS) is 17.4. The van der Waals surface area contributed by atoms with Gasteiger partial charge in [0, 0.05) is 12.2 Å². The van der Waals surface area contributed by atoms with Gasteiger partial charge >= 0.3 is 11.9 Å². The first-order valence-electron chi connectivity index (χ1n) is 6.17. The molecule has 1 aliphatic carbocycles. The monoisotopic (exact) mass is 256 g/mol. The predicted octanol–water partition coefficient (Wildman–Crippen LogP) is 1.95. The van der Waals surface area contributed by atoms with Crippen molar-refractivity contribution in [2.75, 3.05) is 0 Å². The molecule has 0 saturated heterocycles. The van der Waals surface area contributed by atoms with Gasteiger partial charge in [0.15, 0.2) is 0 Å². The molecule has 17 heavy (non-hydrogen) atoms. The Bertz CT molecular complexity index is 293. The van der Waals surface area contributed by atoms with E-state index in [2.05, 4.69) is 0 Å². The van der Waals surface area contributed by atoms with Crippen molar-refractivity contribution in [3.63, 3.8) is 0 Å². The lowest BCUT2D eigenvalue weighted by Crippen LogP contribution is -2.20. The average Bonchev–Trinajstić information content (AvgIpc) is 2.27. The molecular weight excluding hydrogens is 236 g/mol. The number of rotatable bonds is 4. The summed E-state index contributed by atoms with van der Waals surface area (Å²) < 4.78 is 10.2. The molecule has 0 N–H and O–H groups in total. The summed E-state index contributed by atoms with van der Waals surface area (Å²) >= 11 is 0. The van der Waals surface area contributed by atoms with Crippen molar-refractivity contribution < 1.29 is 18.8 Å². The smallest absolute Gasteiger partial charge is 0.331 e. The van der Waals surface area contributed by atoms with E-state index in [1.54, 1.807) is 0 Å². The second-order valence-corrected chi connectivity index (χ2v) is 6.85. The van der Waals surface area contributed by atoms with E-state index >= 15 is 0 Å². The summed E-state index contributed by atoms with van der Waals surface area (Å²) in [7, 11) is -1.38. The standard InChI is InChI=1S/C12H20O4Si/c1-17(2)16-12(14)9-8-11(13)15-10-6-4-3-5-7-10/h8-10,17H,3-7H2,1-2H3/b9-8-. The van der Waals surface area contributed by atoms with Gasteiger partial charge in [-0.05, 0) is 38.8 Å². The fourth-order valence-electron chi connectivity index (χ4n) is 1.79. The third kappa shape index (κ3) is 6.26. The molecule has 0 spiro atoms.